The first kappa shape index (κ1) is 22.8. The summed E-state index contributed by atoms with van der Waals surface area (Å²) in [6.07, 6.45) is 7.35. The molecule has 39 heavy (non-hydrogen) atoms. The Morgan fingerprint density at radius 2 is 1.00 bits per heavy atom. The van der Waals surface area contributed by atoms with E-state index in [0.29, 0.717) is 0 Å². The number of nitrogens with zero attached hydrogens (tertiary/aromatic N) is 5. The summed E-state index contributed by atoms with van der Waals surface area (Å²) in [5.74, 6) is 0. The average molecular weight is 502 g/mol. The van der Waals surface area contributed by atoms with E-state index in [2.05, 4.69) is 82.8 Å². The molecule has 0 N–H and O–H groups in total. The lowest BCUT2D eigenvalue weighted by atomic mass is 9.95. The van der Waals surface area contributed by atoms with Crippen LogP contribution in [0, 0.1) is 0 Å². The van der Waals surface area contributed by atoms with Gasteiger partial charge in [0.1, 0.15) is 11.0 Å². The predicted octanol–water partition coefficient (Wildman–Crippen LogP) is 7.88. The molecule has 3 aromatic heterocycles. The third-order valence-corrected chi connectivity index (χ3v) is 6.88. The third-order valence-electron chi connectivity index (χ3n) is 6.88. The molecule has 0 radical (unpaired) electrons. The fourth-order valence-electron chi connectivity index (χ4n) is 4.85. The molecule has 0 bridgehead atoms. The topological polar surface area (TPSA) is 56.5 Å². The molecule has 7 rings (SSSR count). The second-order valence-corrected chi connectivity index (χ2v) is 9.35. The normalized spacial score (nSPS) is 11.1. The van der Waals surface area contributed by atoms with Crippen molar-refractivity contribution in [2.45, 2.75) is 0 Å². The fourth-order valence-corrected chi connectivity index (χ4v) is 4.85. The second-order valence-electron chi connectivity index (χ2n) is 9.35. The molecule has 5 nitrogen and oxygen atoms in total. The standard InChI is InChI=1S/C34H23N5/c1-2-8-31(9-3-1)39-37-33-21-30(26-12-10-24(11-13-26)28-6-4-18-35-22-28)20-32(34(33)38-39)27-16-14-25(15-17-27)29-7-5-19-36-23-29/h1-23H. The number of fused-ring (bicyclic) bond motifs is 1. The lowest BCUT2D eigenvalue weighted by Gasteiger charge is -2.09. The van der Waals surface area contributed by atoms with Crippen molar-refractivity contribution in [3.8, 4) is 50.2 Å². The highest BCUT2D eigenvalue weighted by atomic mass is 15.5. The first-order valence-electron chi connectivity index (χ1n) is 12.8. The van der Waals surface area contributed by atoms with E-state index in [1.807, 2.05) is 54.9 Å². The van der Waals surface area contributed by atoms with E-state index in [1.165, 1.54) is 0 Å². The molecule has 7 aromatic rings. The number of hydrogen-bond acceptors (Lipinski definition) is 4. The van der Waals surface area contributed by atoms with Gasteiger partial charge in [-0.15, -0.1) is 10.2 Å². The van der Waals surface area contributed by atoms with Gasteiger partial charge in [-0.25, -0.2) is 0 Å². The Labute approximate surface area is 226 Å². The van der Waals surface area contributed by atoms with Crippen molar-refractivity contribution in [3.05, 3.63) is 140 Å². The van der Waals surface area contributed by atoms with Gasteiger partial charge in [-0.3, -0.25) is 9.97 Å². The maximum atomic E-state index is 4.92. The summed E-state index contributed by atoms with van der Waals surface area (Å²) in [5, 5.41) is 9.79. The van der Waals surface area contributed by atoms with Gasteiger partial charge in [-0.2, -0.15) is 4.80 Å². The van der Waals surface area contributed by atoms with Crippen molar-refractivity contribution in [2.24, 2.45) is 0 Å². The molecule has 0 fully saturated rings. The summed E-state index contributed by atoms with van der Waals surface area (Å²) in [4.78, 5) is 10.2. The molecule has 0 aliphatic heterocycles. The number of hydrogen-bond donors (Lipinski definition) is 0. The highest BCUT2D eigenvalue weighted by Crippen LogP contribution is 2.35. The fraction of sp³-hybridized carbons (Fsp3) is 0. The number of rotatable bonds is 5. The molecule has 0 aliphatic carbocycles. The van der Waals surface area contributed by atoms with Gasteiger partial charge in [-0.05, 0) is 75.3 Å². The van der Waals surface area contributed by atoms with Crippen molar-refractivity contribution >= 4 is 11.0 Å². The van der Waals surface area contributed by atoms with Crippen LogP contribution in [0.3, 0.4) is 0 Å². The Kier molecular flexibility index (Phi) is 5.72. The zero-order chi connectivity index (χ0) is 26.0. The van der Waals surface area contributed by atoms with Crippen LogP contribution in [0.4, 0.5) is 0 Å². The smallest absolute Gasteiger partial charge is 0.121 e. The average Bonchev–Trinajstić information content (AvgIpc) is 3.47. The van der Waals surface area contributed by atoms with Crippen LogP contribution in [-0.4, -0.2) is 25.0 Å². The lowest BCUT2D eigenvalue weighted by molar-refractivity contribution is 0.766. The Morgan fingerprint density at radius 3 is 1.56 bits per heavy atom. The molecule has 0 saturated carbocycles. The summed E-state index contributed by atoms with van der Waals surface area (Å²) in [6, 6.07) is 39.5. The van der Waals surface area contributed by atoms with Crippen LogP contribution in [0.15, 0.2) is 140 Å². The first-order valence-corrected chi connectivity index (χ1v) is 12.8. The molecule has 184 valence electrons. The maximum Gasteiger partial charge on any atom is 0.121 e. The van der Waals surface area contributed by atoms with Crippen LogP contribution < -0.4 is 0 Å². The van der Waals surface area contributed by atoms with E-state index >= 15 is 0 Å². The molecule has 4 aromatic carbocycles. The summed E-state index contributed by atoms with van der Waals surface area (Å²) >= 11 is 0. The van der Waals surface area contributed by atoms with E-state index in [1.54, 1.807) is 17.2 Å². The molecule has 5 heteroatoms. The largest absolute Gasteiger partial charge is 0.264 e. The van der Waals surface area contributed by atoms with E-state index in [-0.39, 0.29) is 0 Å². The molecule has 0 amide bonds. The van der Waals surface area contributed by atoms with Crippen LogP contribution in [0.5, 0.6) is 0 Å². The van der Waals surface area contributed by atoms with Gasteiger partial charge < -0.3 is 0 Å². The minimum absolute atomic E-state index is 0.846. The molecule has 0 aliphatic rings. The molecule has 0 unspecified atom stereocenters. The van der Waals surface area contributed by atoms with Crippen molar-refractivity contribution in [1.82, 2.24) is 25.0 Å². The van der Waals surface area contributed by atoms with E-state index in [4.69, 9.17) is 10.2 Å². The Hall–Kier alpha value is -5.42. The zero-order valence-electron chi connectivity index (χ0n) is 21.0. The zero-order valence-corrected chi connectivity index (χ0v) is 21.0. The summed E-state index contributed by atoms with van der Waals surface area (Å²) < 4.78 is 0. The minimum Gasteiger partial charge on any atom is -0.264 e. The Bertz CT molecular complexity index is 1860. The van der Waals surface area contributed by atoms with Gasteiger partial charge in [0, 0.05) is 30.4 Å². The van der Waals surface area contributed by atoms with E-state index < -0.39 is 0 Å². The van der Waals surface area contributed by atoms with Crippen molar-refractivity contribution < 1.29 is 0 Å². The number of para-hydroxylation sites is 1. The molecular weight excluding hydrogens is 478 g/mol. The van der Waals surface area contributed by atoms with Crippen molar-refractivity contribution in [1.29, 1.82) is 0 Å². The Balaban J connectivity index is 1.35. The van der Waals surface area contributed by atoms with Crippen LogP contribution in [0.25, 0.3) is 61.2 Å². The molecule has 3 heterocycles. The van der Waals surface area contributed by atoms with Crippen LogP contribution >= 0.6 is 0 Å². The SMILES string of the molecule is c1ccc(-n2nc3cc(-c4ccc(-c5cccnc5)cc4)cc(-c4ccc(-c5cccnc5)cc4)c3n2)cc1. The molecular formula is C34H23N5. The summed E-state index contributed by atoms with van der Waals surface area (Å²) in [6.45, 7) is 0. The van der Waals surface area contributed by atoms with Crippen LogP contribution in [0.2, 0.25) is 0 Å². The number of pyridine rings is 2. The minimum atomic E-state index is 0.846. The third kappa shape index (κ3) is 4.47. The first-order chi connectivity index (χ1) is 19.3. The highest BCUT2D eigenvalue weighted by Gasteiger charge is 2.14. The van der Waals surface area contributed by atoms with Gasteiger partial charge in [0.15, 0.2) is 0 Å². The molecule has 0 saturated heterocycles. The quantitative estimate of drug-likeness (QED) is 0.241. The summed E-state index contributed by atoms with van der Waals surface area (Å²) in [7, 11) is 0. The van der Waals surface area contributed by atoms with E-state index in [9.17, 15) is 0 Å². The van der Waals surface area contributed by atoms with Crippen molar-refractivity contribution in [3.63, 3.8) is 0 Å². The molecule has 0 atom stereocenters. The maximum absolute atomic E-state index is 4.92. The van der Waals surface area contributed by atoms with Crippen molar-refractivity contribution in [2.75, 3.05) is 0 Å². The number of aromatic nitrogens is 5. The van der Waals surface area contributed by atoms with Gasteiger partial charge >= 0.3 is 0 Å². The summed E-state index contributed by atoms with van der Waals surface area (Å²) in [5.41, 5.74) is 11.4. The Morgan fingerprint density at radius 1 is 0.436 bits per heavy atom. The number of benzene rings is 4. The molecule has 0 spiro atoms. The van der Waals surface area contributed by atoms with E-state index in [0.717, 1.165) is 61.2 Å². The van der Waals surface area contributed by atoms with Crippen LogP contribution in [-0.2, 0) is 0 Å². The predicted molar refractivity (Wildman–Crippen MR) is 156 cm³/mol. The van der Waals surface area contributed by atoms with Gasteiger partial charge in [0.2, 0.25) is 0 Å². The van der Waals surface area contributed by atoms with Gasteiger partial charge in [0.05, 0.1) is 5.69 Å². The van der Waals surface area contributed by atoms with Gasteiger partial charge in [0.25, 0.3) is 0 Å². The van der Waals surface area contributed by atoms with Gasteiger partial charge in [-0.1, -0.05) is 78.9 Å². The highest BCUT2D eigenvalue weighted by molar-refractivity contribution is 5.96. The lowest BCUT2D eigenvalue weighted by Crippen LogP contribution is -1.97. The monoisotopic (exact) mass is 501 g/mol. The van der Waals surface area contributed by atoms with Crippen LogP contribution in [0.1, 0.15) is 0 Å². The second kappa shape index (κ2) is 9.80.